The zero-order valence-corrected chi connectivity index (χ0v) is 8.61. The van der Waals surface area contributed by atoms with Crippen LogP contribution >= 0.6 is 0 Å². The lowest BCUT2D eigenvalue weighted by atomic mass is 10.1. The third kappa shape index (κ3) is 1.27. The van der Waals surface area contributed by atoms with Gasteiger partial charge in [-0.05, 0) is 20.8 Å². The van der Waals surface area contributed by atoms with Crippen molar-refractivity contribution in [3.8, 4) is 0 Å². The maximum Gasteiger partial charge on any atom is 0.173 e. The lowest BCUT2D eigenvalue weighted by molar-refractivity contribution is 0.100. The van der Waals surface area contributed by atoms with Gasteiger partial charge in [-0.25, -0.2) is 9.67 Å². The highest BCUT2D eigenvalue weighted by molar-refractivity contribution is 6.09. The van der Waals surface area contributed by atoms with Gasteiger partial charge in [0.1, 0.15) is 0 Å². The number of ketones is 1. The Hall–Kier alpha value is -1.45. The van der Waals surface area contributed by atoms with Gasteiger partial charge >= 0.3 is 0 Å². The average Bonchev–Trinajstić information content (AvgIpc) is 2.47. The molecule has 1 aromatic rings. The van der Waals surface area contributed by atoms with Gasteiger partial charge in [0, 0.05) is 12.6 Å². The van der Waals surface area contributed by atoms with Crippen molar-refractivity contribution in [3.63, 3.8) is 0 Å². The summed E-state index contributed by atoms with van der Waals surface area (Å²) in [4.78, 5) is 15.7. The Morgan fingerprint density at radius 1 is 1.43 bits per heavy atom. The Bertz CT molecular complexity index is 409. The quantitative estimate of drug-likeness (QED) is 0.629. The molecule has 2 rings (SSSR count). The van der Waals surface area contributed by atoms with Crippen LogP contribution in [0.5, 0.6) is 0 Å². The van der Waals surface area contributed by atoms with Crippen LogP contribution in [-0.4, -0.2) is 21.8 Å². The van der Waals surface area contributed by atoms with Crippen molar-refractivity contribution in [2.45, 2.75) is 32.7 Å². The molecular weight excluding hydrogens is 178 g/mol. The zero-order chi connectivity index (χ0) is 10.3. The minimum absolute atomic E-state index is 0.102. The molecule has 0 aliphatic carbocycles. The molecule has 0 unspecified atom stereocenters. The van der Waals surface area contributed by atoms with Gasteiger partial charge in [0.2, 0.25) is 0 Å². The lowest BCUT2D eigenvalue weighted by Crippen LogP contribution is -2.23. The first kappa shape index (κ1) is 9.12. The topological polar surface area (TPSA) is 47.2 Å². The van der Waals surface area contributed by atoms with E-state index in [1.807, 2.05) is 20.8 Å². The van der Waals surface area contributed by atoms with E-state index in [9.17, 15) is 4.79 Å². The van der Waals surface area contributed by atoms with E-state index in [1.54, 1.807) is 17.1 Å². The largest absolute Gasteiger partial charge is 0.294 e. The fourth-order valence-electron chi connectivity index (χ4n) is 1.48. The first-order valence-corrected chi connectivity index (χ1v) is 4.64. The second-order valence-electron chi connectivity index (χ2n) is 4.40. The van der Waals surface area contributed by atoms with Crippen molar-refractivity contribution >= 4 is 17.8 Å². The summed E-state index contributed by atoms with van der Waals surface area (Å²) in [6.07, 6.45) is 3.65. The van der Waals surface area contributed by atoms with Crippen molar-refractivity contribution < 1.29 is 4.79 Å². The van der Waals surface area contributed by atoms with E-state index < -0.39 is 0 Å². The molecule has 0 atom stereocenters. The molecule has 0 fully saturated rings. The summed E-state index contributed by atoms with van der Waals surface area (Å²) in [5.74, 6) is 0.791. The van der Waals surface area contributed by atoms with Crippen molar-refractivity contribution in [3.05, 3.63) is 11.8 Å². The number of carbonyl (C=O) groups excluding carboxylic acids is 1. The highest BCUT2D eigenvalue weighted by Crippen LogP contribution is 2.28. The molecule has 1 aliphatic heterocycles. The van der Waals surface area contributed by atoms with Gasteiger partial charge in [-0.15, -0.1) is 0 Å². The number of aromatic nitrogens is 2. The van der Waals surface area contributed by atoms with Crippen LogP contribution < -0.4 is 0 Å². The molecule has 0 radical (unpaired) electrons. The third-order valence-corrected chi connectivity index (χ3v) is 2.17. The van der Waals surface area contributed by atoms with Crippen molar-refractivity contribution in [1.82, 2.24) is 9.78 Å². The van der Waals surface area contributed by atoms with E-state index in [2.05, 4.69) is 10.1 Å². The third-order valence-electron chi connectivity index (χ3n) is 2.17. The summed E-state index contributed by atoms with van der Waals surface area (Å²) in [5.41, 5.74) is 0.505. The Kier molecular flexibility index (Phi) is 1.80. The molecule has 0 amide bonds. The number of hydrogen-bond donors (Lipinski definition) is 0. The van der Waals surface area contributed by atoms with Gasteiger partial charge in [0.25, 0.3) is 0 Å². The molecule has 0 saturated carbocycles. The standard InChI is InChI=1S/C10H13N3O/c1-10(2,3)13-9-7(6-12-13)8(14)4-5-11-9/h5-6H,4H2,1-3H3. The second-order valence-corrected chi connectivity index (χ2v) is 4.40. The average molecular weight is 191 g/mol. The normalized spacial score (nSPS) is 15.8. The number of nitrogens with zero attached hydrogens (tertiary/aromatic N) is 3. The van der Waals surface area contributed by atoms with Crippen LogP contribution in [0.2, 0.25) is 0 Å². The maximum atomic E-state index is 11.5. The first-order chi connectivity index (χ1) is 6.50. The molecule has 0 spiro atoms. The van der Waals surface area contributed by atoms with Crippen LogP contribution in [0, 0.1) is 0 Å². The molecule has 1 aromatic heterocycles. The predicted molar refractivity (Wildman–Crippen MR) is 54.3 cm³/mol. The molecule has 14 heavy (non-hydrogen) atoms. The summed E-state index contributed by atoms with van der Waals surface area (Å²) in [6, 6.07) is 0. The summed E-state index contributed by atoms with van der Waals surface area (Å²) in [6.45, 7) is 6.11. The Balaban J connectivity index is 2.59. The monoisotopic (exact) mass is 191 g/mol. The van der Waals surface area contributed by atoms with Gasteiger partial charge in [-0.3, -0.25) is 4.79 Å². The minimum Gasteiger partial charge on any atom is -0.294 e. The van der Waals surface area contributed by atoms with Gasteiger partial charge in [0.05, 0.1) is 17.3 Å². The Labute approximate surface area is 82.6 Å². The molecule has 4 heteroatoms. The molecule has 2 heterocycles. The zero-order valence-electron chi connectivity index (χ0n) is 8.61. The molecule has 0 saturated heterocycles. The van der Waals surface area contributed by atoms with Crippen LogP contribution in [0.3, 0.4) is 0 Å². The fourth-order valence-corrected chi connectivity index (χ4v) is 1.48. The van der Waals surface area contributed by atoms with Crippen LogP contribution in [0.15, 0.2) is 11.2 Å². The number of aliphatic imine (C=N–C) groups is 1. The van der Waals surface area contributed by atoms with Crippen molar-refractivity contribution in [2.75, 3.05) is 0 Å². The van der Waals surface area contributed by atoms with E-state index in [0.29, 0.717) is 17.8 Å². The molecule has 0 aromatic carbocycles. The minimum atomic E-state index is -0.136. The number of rotatable bonds is 0. The summed E-state index contributed by atoms with van der Waals surface area (Å²) >= 11 is 0. The van der Waals surface area contributed by atoms with Crippen molar-refractivity contribution in [1.29, 1.82) is 0 Å². The van der Waals surface area contributed by atoms with E-state index in [0.717, 1.165) is 0 Å². The van der Waals surface area contributed by atoms with Gasteiger partial charge in [-0.2, -0.15) is 5.10 Å². The molecule has 0 N–H and O–H groups in total. The van der Waals surface area contributed by atoms with E-state index in [-0.39, 0.29) is 11.3 Å². The first-order valence-electron chi connectivity index (χ1n) is 4.64. The SMILES string of the molecule is CC(C)(C)n1ncc2c1N=CCC2=O. The van der Waals surface area contributed by atoms with Crippen LogP contribution in [0.1, 0.15) is 37.6 Å². The summed E-state index contributed by atoms with van der Waals surface area (Å²) in [7, 11) is 0. The van der Waals surface area contributed by atoms with Crippen LogP contribution in [0.4, 0.5) is 5.82 Å². The predicted octanol–water partition coefficient (Wildman–Crippen LogP) is 1.93. The van der Waals surface area contributed by atoms with E-state index in [1.165, 1.54) is 0 Å². The van der Waals surface area contributed by atoms with Gasteiger partial charge in [-0.1, -0.05) is 0 Å². The van der Waals surface area contributed by atoms with Crippen molar-refractivity contribution in [2.24, 2.45) is 4.99 Å². The summed E-state index contributed by atoms with van der Waals surface area (Å²) < 4.78 is 1.79. The number of hydrogen-bond acceptors (Lipinski definition) is 3. The summed E-state index contributed by atoms with van der Waals surface area (Å²) in [5, 5.41) is 4.20. The number of Topliss-reactive ketones (excluding diaryl/α,β-unsaturated/α-hetero) is 1. The molecule has 4 nitrogen and oxygen atoms in total. The van der Waals surface area contributed by atoms with Gasteiger partial charge < -0.3 is 0 Å². The highest BCUT2D eigenvalue weighted by Gasteiger charge is 2.25. The highest BCUT2D eigenvalue weighted by atomic mass is 16.1. The van der Waals surface area contributed by atoms with Crippen LogP contribution in [0.25, 0.3) is 0 Å². The maximum absolute atomic E-state index is 11.5. The van der Waals surface area contributed by atoms with Crippen LogP contribution in [-0.2, 0) is 5.54 Å². The Morgan fingerprint density at radius 2 is 2.14 bits per heavy atom. The number of fused-ring (bicyclic) bond motifs is 1. The van der Waals surface area contributed by atoms with Gasteiger partial charge in [0.15, 0.2) is 11.6 Å². The molecule has 1 aliphatic rings. The smallest absolute Gasteiger partial charge is 0.173 e. The lowest BCUT2D eigenvalue weighted by Gasteiger charge is -2.21. The fraction of sp³-hybridized carbons (Fsp3) is 0.500. The molecule has 74 valence electrons. The van der Waals surface area contributed by atoms with E-state index >= 15 is 0 Å². The molecular formula is C10H13N3O. The number of carbonyl (C=O) groups is 1. The second kappa shape index (κ2) is 2.77. The van der Waals surface area contributed by atoms with E-state index in [4.69, 9.17) is 0 Å². The Morgan fingerprint density at radius 3 is 2.79 bits per heavy atom. The molecule has 0 bridgehead atoms.